The Kier molecular flexibility index (Phi) is 6.91. The van der Waals surface area contributed by atoms with E-state index in [1.807, 2.05) is 36.4 Å². The van der Waals surface area contributed by atoms with Crippen LogP contribution in [0.25, 0.3) is 0 Å². The van der Waals surface area contributed by atoms with Crippen LogP contribution in [0.4, 0.5) is 0 Å². The van der Waals surface area contributed by atoms with Crippen molar-refractivity contribution in [3.05, 3.63) is 71.8 Å². The van der Waals surface area contributed by atoms with Crippen LogP contribution in [0.2, 0.25) is 0 Å². The van der Waals surface area contributed by atoms with Gasteiger partial charge >= 0.3 is 11.9 Å². The van der Waals surface area contributed by atoms with Crippen molar-refractivity contribution < 1.29 is 19.1 Å². The SMILES string of the molecule is NC(=S)NC(C(=O)OCc1ccccc1)C(=O)OCc1ccccc1. The van der Waals surface area contributed by atoms with Crippen molar-refractivity contribution in [2.24, 2.45) is 5.73 Å². The first-order chi connectivity index (χ1) is 12.1. The molecule has 2 aromatic carbocycles. The molecule has 6 nitrogen and oxygen atoms in total. The maximum Gasteiger partial charge on any atom is 0.340 e. The summed E-state index contributed by atoms with van der Waals surface area (Å²) in [6.45, 7) is 0.0578. The minimum atomic E-state index is -1.41. The second kappa shape index (κ2) is 9.39. The Bertz CT molecular complexity index is 667. The number of thiocarbonyl (C=S) groups is 1. The maximum atomic E-state index is 12.2. The Labute approximate surface area is 150 Å². The predicted octanol–water partition coefficient (Wildman–Crippen LogP) is 1.67. The molecule has 0 atom stereocenters. The number of benzene rings is 2. The molecule has 0 amide bonds. The number of carbonyl (C=O) groups excluding carboxylic acids is 2. The molecule has 0 saturated heterocycles. The smallest absolute Gasteiger partial charge is 0.340 e. The third-order valence-corrected chi connectivity index (χ3v) is 3.32. The number of ether oxygens (including phenoxy) is 2. The number of carbonyl (C=O) groups is 2. The first-order valence-corrected chi connectivity index (χ1v) is 7.94. The summed E-state index contributed by atoms with van der Waals surface area (Å²) >= 11 is 4.72. The summed E-state index contributed by atoms with van der Waals surface area (Å²) in [5, 5.41) is 2.22. The van der Waals surface area contributed by atoms with Crippen LogP contribution in [0.1, 0.15) is 11.1 Å². The van der Waals surface area contributed by atoms with Gasteiger partial charge in [0.2, 0.25) is 6.04 Å². The molecule has 130 valence electrons. The Morgan fingerprint density at radius 2 is 1.28 bits per heavy atom. The molecular weight excluding hydrogens is 340 g/mol. The molecule has 3 N–H and O–H groups in total. The van der Waals surface area contributed by atoms with Crippen molar-refractivity contribution in [2.45, 2.75) is 19.3 Å². The number of hydrogen-bond donors (Lipinski definition) is 2. The maximum absolute atomic E-state index is 12.2. The summed E-state index contributed by atoms with van der Waals surface area (Å²) in [6.07, 6.45) is 0. The Hall–Kier alpha value is -2.93. The zero-order valence-electron chi connectivity index (χ0n) is 13.4. The first-order valence-electron chi connectivity index (χ1n) is 7.53. The van der Waals surface area contributed by atoms with Crippen LogP contribution in [-0.2, 0) is 32.3 Å². The molecular formula is C18H18N2O4S. The topological polar surface area (TPSA) is 90.6 Å². The summed E-state index contributed by atoms with van der Waals surface area (Å²) in [4.78, 5) is 24.4. The fourth-order valence-corrected chi connectivity index (χ4v) is 2.10. The monoisotopic (exact) mass is 358 g/mol. The predicted molar refractivity (Wildman–Crippen MR) is 96.2 cm³/mol. The van der Waals surface area contributed by atoms with Gasteiger partial charge in [-0.3, -0.25) is 0 Å². The van der Waals surface area contributed by atoms with Crippen LogP contribution >= 0.6 is 12.2 Å². The lowest BCUT2D eigenvalue weighted by atomic mass is 10.2. The number of nitrogens with one attached hydrogen (secondary N) is 1. The van der Waals surface area contributed by atoms with Gasteiger partial charge in [-0.1, -0.05) is 60.7 Å². The van der Waals surface area contributed by atoms with Crippen LogP contribution in [0.15, 0.2) is 60.7 Å². The van der Waals surface area contributed by atoms with E-state index in [-0.39, 0.29) is 18.3 Å². The van der Waals surface area contributed by atoms with Crippen molar-refractivity contribution in [3.8, 4) is 0 Å². The zero-order chi connectivity index (χ0) is 18.1. The molecule has 0 aliphatic heterocycles. The van der Waals surface area contributed by atoms with Crippen molar-refractivity contribution in [1.29, 1.82) is 0 Å². The summed E-state index contributed by atoms with van der Waals surface area (Å²) in [7, 11) is 0. The molecule has 0 bridgehead atoms. The molecule has 0 heterocycles. The molecule has 0 spiro atoms. The van der Waals surface area contributed by atoms with E-state index in [1.54, 1.807) is 24.3 Å². The normalized spacial score (nSPS) is 10.1. The van der Waals surface area contributed by atoms with E-state index in [1.165, 1.54) is 0 Å². The number of nitrogens with two attached hydrogens (primary N) is 1. The lowest BCUT2D eigenvalue weighted by Gasteiger charge is -2.16. The van der Waals surface area contributed by atoms with Gasteiger partial charge in [-0.15, -0.1) is 0 Å². The van der Waals surface area contributed by atoms with E-state index in [2.05, 4.69) is 5.32 Å². The Balaban J connectivity index is 1.95. The van der Waals surface area contributed by atoms with Gasteiger partial charge in [0.05, 0.1) is 0 Å². The van der Waals surface area contributed by atoms with Crippen LogP contribution in [0, 0.1) is 0 Å². The van der Waals surface area contributed by atoms with Crippen LogP contribution in [0.5, 0.6) is 0 Å². The highest BCUT2D eigenvalue weighted by Crippen LogP contribution is 2.05. The van der Waals surface area contributed by atoms with E-state index in [0.29, 0.717) is 0 Å². The molecule has 2 aromatic rings. The molecule has 2 rings (SSSR count). The highest BCUT2D eigenvalue weighted by Gasteiger charge is 2.30. The molecule has 25 heavy (non-hydrogen) atoms. The summed E-state index contributed by atoms with van der Waals surface area (Å²) in [5.41, 5.74) is 6.98. The molecule has 7 heteroatoms. The van der Waals surface area contributed by atoms with Gasteiger partial charge < -0.3 is 20.5 Å². The number of hydrogen-bond acceptors (Lipinski definition) is 5. The average Bonchev–Trinajstić information content (AvgIpc) is 2.64. The van der Waals surface area contributed by atoms with Crippen LogP contribution in [0.3, 0.4) is 0 Å². The largest absolute Gasteiger partial charge is 0.459 e. The highest BCUT2D eigenvalue weighted by atomic mass is 32.1. The van der Waals surface area contributed by atoms with Gasteiger partial charge in [-0.05, 0) is 23.3 Å². The van der Waals surface area contributed by atoms with Gasteiger partial charge in [0.25, 0.3) is 0 Å². The second-order valence-electron chi connectivity index (χ2n) is 5.13. The van der Waals surface area contributed by atoms with Gasteiger partial charge in [-0.2, -0.15) is 0 Å². The third-order valence-electron chi connectivity index (χ3n) is 3.21. The third kappa shape index (κ3) is 6.23. The fraction of sp³-hybridized carbons (Fsp3) is 0.167. The van der Waals surface area contributed by atoms with E-state index in [0.717, 1.165) is 11.1 Å². The summed E-state index contributed by atoms with van der Waals surface area (Å²) in [5.74, 6) is -1.62. The van der Waals surface area contributed by atoms with Crippen LogP contribution < -0.4 is 11.1 Å². The Morgan fingerprint density at radius 3 is 1.64 bits per heavy atom. The number of esters is 2. The molecule has 0 fully saturated rings. The van der Waals surface area contributed by atoms with E-state index >= 15 is 0 Å². The minimum absolute atomic E-state index is 0.0289. The molecule has 0 unspecified atom stereocenters. The molecule has 0 aliphatic carbocycles. The molecule has 0 aliphatic rings. The molecule has 0 aromatic heterocycles. The first kappa shape index (κ1) is 18.4. The van der Waals surface area contributed by atoms with Crippen LogP contribution in [-0.4, -0.2) is 23.1 Å². The van der Waals surface area contributed by atoms with E-state index in [4.69, 9.17) is 27.4 Å². The summed E-state index contributed by atoms with van der Waals surface area (Å²) in [6, 6.07) is 16.8. The van der Waals surface area contributed by atoms with Gasteiger partial charge in [-0.25, -0.2) is 9.59 Å². The zero-order valence-corrected chi connectivity index (χ0v) is 14.2. The van der Waals surface area contributed by atoms with Gasteiger partial charge in [0.1, 0.15) is 13.2 Å². The fourth-order valence-electron chi connectivity index (χ4n) is 1.98. The molecule has 0 saturated carbocycles. The number of rotatable bonds is 7. The van der Waals surface area contributed by atoms with Gasteiger partial charge in [0.15, 0.2) is 5.11 Å². The second-order valence-corrected chi connectivity index (χ2v) is 5.57. The van der Waals surface area contributed by atoms with Crippen molar-refractivity contribution in [3.63, 3.8) is 0 Å². The van der Waals surface area contributed by atoms with Crippen molar-refractivity contribution in [2.75, 3.05) is 0 Å². The van der Waals surface area contributed by atoms with E-state index in [9.17, 15) is 9.59 Å². The van der Waals surface area contributed by atoms with Crippen molar-refractivity contribution in [1.82, 2.24) is 5.32 Å². The Morgan fingerprint density at radius 1 is 0.880 bits per heavy atom. The molecule has 0 radical (unpaired) electrons. The average molecular weight is 358 g/mol. The van der Waals surface area contributed by atoms with Crippen molar-refractivity contribution >= 4 is 29.3 Å². The lowest BCUT2D eigenvalue weighted by Crippen LogP contribution is -2.49. The standard InChI is InChI=1S/C18H18N2O4S/c19-18(25)20-15(16(21)23-11-13-7-3-1-4-8-13)17(22)24-12-14-9-5-2-6-10-14/h1-10,15H,11-12H2,(H3,19,20,25). The van der Waals surface area contributed by atoms with E-state index < -0.39 is 18.0 Å². The quantitative estimate of drug-likeness (QED) is 0.442. The summed E-state index contributed by atoms with van der Waals surface area (Å²) < 4.78 is 10.3. The lowest BCUT2D eigenvalue weighted by molar-refractivity contribution is -0.159. The highest BCUT2D eigenvalue weighted by molar-refractivity contribution is 7.80. The minimum Gasteiger partial charge on any atom is -0.459 e. The van der Waals surface area contributed by atoms with Gasteiger partial charge in [0, 0.05) is 0 Å².